The second kappa shape index (κ2) is 5.66. The molecule has 0 aromatic carbocycles. The molecular weight excluding hydrogens is 280 g/mol. The lowest BCUT2D eigenvalue weighted by atomic mass is 9.82. The number of nitrogens with two attached hydrogens (primary N) is 1. The van der Waals surface area contributed by atoms with Crippen LogP contribution in [-0.4, -0.2) is 46.8 Å². The molecule has 1 aromatic rings. The molecule has 3 N–H and O–H groups in total. The summed E-state index contributed by atoms with van der Waals surface area (Å²) in [4.78, 5) is 19.6. The number of likely N-dealkylation sites (N-methyl/N-ethyl adjacent to an activating group) is 1. The van der Waals surface area contributed by atoms with E-state index in [1.807, 2.05) is 13.0 Å². The van der Waals surface area contributed by atoms with E-state index in [0.717, 1.165) is 24.3 Å². The minimum absolute atomic E-state index is 0.0451. The normalized spacial score (nSPS) is 22.0. The number of nitrogens with zero attached hydrogens (tertiary/aromatic N) is 3. The van der Waals surface area contributed by atoms with Gasteiger partial charge in [-0.25, -0.2) is 9.78 Å². The Hall–Kier alpha value is -1.98. The SMILES string of the molecule is Cc1cc(N)cnc1N1CCC(N(C)C(=O)O)[C@@H]1C(C)(C)C. The molecule has 0 aliphatic carbocycles. The summed E-state index contributed by atoms with van der Waals surface area (Å²) in [6.45, 7) is 9.22. The smallest absolute Gasteiger partial charge is 0.407 e. The third-order valence-electron chi connectivity index (χ3n) is 4.40. The molecule has 1 unspecified atom stereocenters. The standard InChI is InChI=1S/C16H26N4O2/c1-10-8-11(17)9-18-14(10)20-7-6-12(19(5)15(21)22)13(20)16(2,3)4/h8-9,12-13H,6-7,17H2,1-5H3,(H,21,22)/t12?,13-/m1/s1. The van der Waals surface area contributed by atoms with Crippen molar-refractivity contribution in [3.63, 3.8) is 0 Å². The average molecular weight is 306 g/mol. The molecule has 1 aromatic heterocycles. The molecule has 2 rings (SSSR count). The number of pyridine rings is 1. The van der Waals surface area contributed by atoms with Crippen molar-refractivity contribution in [1.29, 1.82) is 0 Å². The van der Waals surface area contributed by atoms with Gasteiger partial charge < -0.3 is 20.6 Å². The molecule has 1 fully saturated rings. The second-order valence-corrected chi connectivity index (χ2v) is 7.16. The van der Waals surface area contributed by atoms with E-state index in [1.165, 1.54) is 4.90 Å². The highest BCUT2D eigenvalue weighted by molar-refractivity contribution is 5.66. The fourth-order valence-electron chi connectivity index (χ4n) is 3.50. The lowest BCUT2D eigenvalue weighted by Crippen LogP contribution is -2.52. The van der Waals surface area contributed by atoms with E-state index in [-0.39, 0.29) is 17.5 Å². The first kappa shape index (κ1) is 16.4. The average Bonchev–Trinajstić information content (AvgIpc) is 2.82. The maximum absolute atomic E-state index is 11.4. The molecule has 1 saturated heterocycles. The van der Waals surface area contributed by atoms with Crippen LogP contribution in [0, 0.1) is 12.3 Å². The molecule has 2 heterocycles. The molecule has 6 nitrogen and oxygen atoms in total. The van der Waals surface area contributed by atoms with Gasteiger partial charge in [0.15, 0.2) is 0 Å². The molecule has 1 amide bonds. The molecule has 6 heteroatoms. The number of rotatable bonds is 2. The monoisotopic (exact) mass is 306 g/mol. The summed E-state index contributed by atoms with van der Waals surface area (Å²) in [5.74, 6) is 0.899. The largest absolute Gasteiger partial charge is 0.465 e. The van der Waals surface area contributed by atoms with Crippen LogP contribution < -0.4 is 10.6 Å². The van der Waals surface area contributed by atoms with E-state index in [0.29, 0.717) is 5.69 Å². The molecular formula is C16H26N4O2. The van der Waals surface area contributed by atoms with Crippen molar-refractivity contribution in [2.24, 2.45) is 5.41 Å². The maximum atomic E-state index is 11.4. The molecule has 0 bridgehead atoms. The quantitative estimate of drug-likeness (QED) is 0.877. The number of carbonyl (C=O) groups is 1. The van der Waals surface area contributed by atoms with Crippen LogP contribution in [0.2, 0.25) is 0 Å². The van der Waals surface area contributed by atoms with Gasteiger partial charge in [0.05, 0.1) is 24.0 Å². The van der Waals surface area contributed by atoms with Gasteiger partial charge in [0.25, 0.3) is 0 Å². The van der Waals surface area contributed by atoms with E-state index >= 15 is 0 Å². The number of nitrogen functional groups attached to an aromatic ring is 1. The first-order valence-corrected chi connectivity index (χ1v) is 7.57. The number of hydrogen-bond donors (Lipinski definition) is 2. The Morgan fingerprint density at radius 2 is 2.14 bits per heavy atom. The molecule has 0 saturated carbocycles. The van der Waals surface area contributed by atoms with Crippen molar-refractivity contribution < 1.29 is 9.90 Å². The van der Waals surface area contributed by atoms with Crippen LogP contribution in [0.3, 0.4) is 0 Å². The summed E-state index contributed by atoms with van der Waals surface area (Å²) in [5.41, 5.74) is 7.39. The summed E-state index contributed by atoms with van der Waals surface area (Å²) < 4.78 is 0. The molecule has 122 valence electrons. The minimum atomic E-state index is -0.886. The van der Waals surface area contributed by atoms with Gasteiger partial charge in [-0.2, -0.15) is 0 Å². The van der Waals surface area contributed by atoms with Crippen molar-refractivity contribution in [3.05, 3.63) is 17.8 Å². The Kier molecular flexibility index (Phi) is 4.22. The van der Waals surface area contributed by atoms with Gasteiger partial charge in [0.1, 0.15) is 5.82 Å². The molecule has 1 aliphatic rings. The second-order valence-electron chi connectivity index (χ2n) is 7.16. The molecule has 1 aliphatic heterocycles. The number of anilines is 2. The molecule has 0 radical (unpaired) electrons. The van der Waals surface area contributed by atoms with Crippen molar-refractivity contribution in [1.82, 2.24) is 9.88 Å². The van der Waals surface area contributed by atoms with Gasteiger partial charge in [-0.1, -0.05) is 20.8 Å². The topological polar surface area (TPSA) is 82.7 Å². The third kappa shape index (κ3) is 2.96. The number of aryl methyl sites for hydroxylation is 1. The first-order chi connectivity index (χ1) is 10.1. The summed E-state index contributed by atoms with van der Waals surface area (Å²) in [6, 6.07) is 1.94. The Morgan fingerprint density at radius 3 is 2.64 bits per heavy atom. The summed E-state index contributed by atoms with van der Waals surface area (Å²) >= 11 is 0. The van der Waals surface area contributed by atoms with Crippen LogP contribution in [0.4, 0.5) is 16.3 Å². The highest BCUT2D eigenvalue weighted by atomic mass is 16.4. The Bertz CT molecular complexity index is 568. The molecule has 22 heavy (non-hydrogen) atoms. The number of hydrogen-bond acceptors (Lipinski definition) is 4. The fourth-order valence-corrected chi connectivity index (χ4v) is 3.50. The van der Waals surface area contributed by atoms with Crippen molar-refractivity contribution in [2.75, 3.05) is 24.2 Å². The van der Waals surface area contributed by atoms with E-state index in [9.17, 15) is 9.90 Å². The van der Waals surface area contributed by atoms with E-state index in [2.05, 4.69) is 30.7 Å². The Balaban J connectivity index is 2.41. The Labute approximate surface area is 131 Å². The van der Waals surface area contributed by atoms with E-state index in [4.69, 9.17) is 5.73 Å². The van der Waals surface area contributed by atoms with Crippen LogP contribution in [0.15, 0.2) is 12.3 Å². The fraction of sp³-hybridized carbons (Fsp3) is 0.625. The molecule has 0 spiro atoms. The minimum Gasteiger partial charge on any atom is -0.465 e. The van der Waals surface area contributed by atoms with E-state index < -0.39 is 6.09 Å². The van der Waals surface area contributed by atoms with Crippen molar-refractivity contribution >= 4 is 17.6 Å². The van der Waals surface area contributed by atoms with Crippen molar-refractivity contribution in [2.45, 2.75) is 46.2 Å². The van der Waals surface area contributed by atoms with Gasteiger partial charge in [0, 0.05) is 13.6 Å². The highest BCUT2D eigenvalue weighted by Gasteiger charge is 2.45. The third-order valence-corrected chi connectivity index (χ3v) is 4.40. The predicted octanol–water partition coefficient (Wildman–Crippen LogP) is 2.58. The number of amides is 1. The zero-order chi connectivity index (χ0) is 16.7. The number of carboxylic acid groups (broad SMARTS) is 1. The van der Waals surface area contributed by atoms with E-state index in [1.54, 1.807) is 13.2 Å². The summed E-state index contributed by atoms with van der Waals surface area (Å²) in [6.07, 6.45) is 1.58. The van der Waals surface area contributed by atoms with Gasteiger partial charge in [0.2, 0.25) is 0 Å². The maximum Gasteiger partial charge on any atom is 0.407 e. The molecule has 2 atom stereocenters. The van der Waals surface area contributed by atoms with Crippen molar-refractivity contribution in [3.8, 4) is 0 Å². The highest BCUT2D eigenvalue weighted by Crippen LogP contribution is 2.38. The van der Waals surface area contributed by atoms with Crippen LogP contribution in [-0.2, 0) is 0 Å². The number of aromatic nitrogens is 1. The van der Waals surface area contributed by atoms with Crippen LogP contribution in [0.25, 0.3) is 0 Å². The first-order valence-electron chi connectivity index (χ1n) is 7.57. The lowest BCUT2D eigenvalue weighted by Gasteiger charge is -2.41. The Morgan fingerprint density at radius 1 is 1.50 bits per heavy atom. The zero-order valence-electron chi connectivity index (χ0n) is 14.0. The van der Waals surface area contributed by atoms with Crippen LogP contribution >= 0.6 is 0 Å². The van der Waals surface area contributed by atoms with Crippen LogP contribution in [0.1, 0.15) is 32.8 Å². The summed E-state index contributed by atoms with van der Waals surface area (Å²) in [7, 11) is 1.65. The van der Waals surface area contributed by atoms with Gasteiger partial charge >= 0.3 is 6.09 Å². The predicted molar refractivity (Wildman–Crippen MR) is 88.2 cm³/mol. The van der Waals surface area contributed by atoms with Crippen LogP contribution in [0.5, 0.6) is 0 Å². The van der Waals surface area contributed by atoms with Gasteiger partial charge in [-0.15, -0.1) is 0 Å². The zero-order valence-corrected chi connectivity index (χ0v) is 14.0. The summed E-state index contributed by atoms with van der Waals surface area (Å²) in [5, 5.41) is 9.35. The lowest BCUT2D eigenvalue weighted by molar-refractivity contribution is 0.121. The van der Waals surface area contributed by atoms with Gasteiger partial charge in [-0.3, -0.25) is 0 Å². The van der Waals surface area contributed by atoms with Gasteiger partial charge in [-0.05, 0) is 30.4 Å².